The fraction of sp³-hybridized carbons (Fsp3) is 0.556. The molecule has 7 nitrogen and oxygen atoms in total. The Balaban J connectivity index is 2.19. The van der Waals surface area contributed by atoms with Crippen LogP contribution in [0, 0.1) is 0 Å². The molecule has 1 aliphatic heterocycles. The van der Waals surface area contributed by atoms with E-state index in [1.54, 1.807) is 27.7 Å². The number of ether oxygens (including phenoxy) is 3. The molecule has 1 fully saturated rings. The molecule has 25 heavy (non-hydrogen) atoms. The average Bonchev–Trinajstić information content (AvgIpc) is 2.66. The van der Waals surface area contributed by atoms with Crippen molar-refractivity contribution in [3.63, 3.8) is 0 Å². The summed E-state index contributed by atoms with van der Waals surface area (Å²) < 4.78 is 16.5. The summed E-state index contributed by atoms with van der Waals surface area (Å²) in [5.74, 6) is 2.49. The largest absolute Gasteiger partial charge is 0.493 e. The maximum Gasteiger partial charge on any atom is 0.205 e. The van der Waals surface area contributed by atoms with E-state index in [0.29, 0.717) is 22.8 Å². The molecule has 1 aliphatic rings. The number of aliphatic hydroxyl groups excluding tert-OH is 1. The quantitative estimate of drug-likeness (QED) is 0.860. The van der Waals surface area contributed by atoms with Crippen molar-refractivity contribution in [3.05, 3.63) is 12.4 Å². The number of piperidine rings is 1. The molecule has 1 atom stereocenters. The Hall–Kier alpha value is -2.28. The third-order valence-corrected chi connectivity index (χ3v) is 4.77. The fourth-order valence-corrected chi connectivity index (χ4v) is 3.61. The van der Waals surface area contributed by atoms with E-state index in [4.69, 9.17) is 14.2 Å². The van der Waals surface area contributed by atoms with Crippen molar-refractivity contribution in [1.82, 2.24) is 9.97 Å². The number of aromatic nitrogens is 2. The van der Waals surface area contributed by atoms with Crippen LogP contribution < -0.4 is 19.1 Å². The minimum absolute atomic E-state index is 0.171. The van der Waals surface area contributed by atoms with Gasteiger partial charge in [0.05, 0.1) is 26.7 Å². The number of nitrogens with zero attached hydrogens (tertiary/aromatic N) is 3. The summed E-state index contributed by atoms with van der Waals surface area (Å²) in [6.45, 7) is 1.08. The molecule has 1 saturated heterocycles. The van der Waals surface area contributed by atoms with Crippen molar-refractivity contribution in [2.75, 3.05) is 39.4 Å². The Morgan fingerprint density at radius 3 is 2.60 bits per heavy atom. The second-order valence-corrected chi connectivity index (χ2v) is 6.09. The van der Waals surface area contributed by atoms with Gasteiger partial charge in [-0.3, -0.25) is 0 Å². The van der Waals surface area contributed by atoms with Crippen LogP contribution in [0.3, 0.4) is 0 Å². The van der Waals surface area contributed by atoms with E-state index < -0.39 is 0 Å². The minimum atomic E-state index is 0.171. The first kappa shape index (κ1) is 17.5. The molecule has 0 aliphatic carbocycles. The predicted molar refractivity (Wildman–Crippen MR) is 95.9 cm³/mol. The van der Waals surface area contributed by atoms with Crippen molar-refractivity contribution in [2.45, 2.75) is 31.7 Å². The number of rotatable bonds is 6. The van der Waals surface area contributed by atoms with Gasteiger partial charge in [0.1, 0.15) is 17.7 Å². The lowest BCUT2D eigenvalue weighted by molar-refractivity contribution is 0.262. The molecule has 7 heteroatoms. The normalized spacial score (nSPS) is 17.6. The third kappa shape index (κ3) is 3.16. The van der Waals surface area contributed by atoms with Gasteiger partial charge in [-0.2, -0.15) is 0 Å². The molecule has 1 unspecified atom stereocenters. The van der Waals surface area contributed by atoms with Crippen LogP contribution in [0.25, 0.3) is 10.9 Å². The molecule has 0 amide bonds. The summed E-state index contributed by atoms with van der Waals surface area (Å²) in [6.07, 6.45) is 5.62. The molecule has 0 spiro atoms. The average molecular weight is 347 g/mol. The summed E-state index contributed by atoms with van der Waals surface area (Å²) in [4.78, 5) is 11.2. The van der Waals surface area contributed by atoms with E-state index in [9.17, 15) is 5.11 Å². The van der Waals surface area contributed by atoms with Gasteiger partial charge in [0.15, 0.2) is 11.5 Å². The molecular formula is C18H25N3O4. The SMILES string of the molecule is COc1cc2c(N3CCCCC3CCO)ncnc2c(OC)c1OC. The highest BCUT2D eigenvalue weighted by atomic mass is 16.5. The number of aliphatic hydroxyl groups is 1. The van der Waals surface area contributed by atoms with E-state index in [1.807, 2.05) is 6.07 Å². The lowest BCUT2D eigenvalue weighted by Gasteiger charge is -2.37. The summed E-state index contributed by atoms with van der Waals surface area (Å²) >= 11 is 0. The van der Waals surface area contributed by atoms with Crippen LogP contribution in [-0.4, -0.2) is 55.6 Å². The number of hydrogen-bond donors (Lipinski definition) is 1. The maximum atomic E-state index is 9.41. The van der Waals surface area contributed by atoms with Gasteiger partial charge in [-0.05, 0) is 31.7 Å². The van der Waals surface area contributed by atoms with Crippen LogP contribution in [0.15, 0.2) is 12.4 Å². The summed E-state index contributed by atoms with van der Waals surface area (Å²) in [7, 11) is 4.77. The van der Waals surface area contributed by atoms with Gasteiger partial charge >= 0.3 is 0 Å². The Kier molecular flexibility index (Phi) is 5.43. The standard InChI is InChI=1S/C18H25N3O4/c1-23-14-10-13-15(17(25-3)16(14)24-2)19-11-20-18(13)21-8-5-4-6-12(21)7-9-22/h10-12,22H,4-9H2,1-3H3. The van der Waals surface area contributed by atoms with Gasteiger partial charge in [0, 0.05) is 19.2 Å². The van der Waals surface area contributed by atoms with Gasteiger partial charge in [0.25, 0.3) is 0 Å². The molecular weight excluding hydrogens is 322 g/mol. The Bertz CT molecular complexity index is 736. The summed E-state index contributed by atoms with van der Waals surface area (Å²) in [6, 6.07) is 2.17. The predicted octanol–water partition coefficient (Wildman–Crippen LogP) is 2.40. The lowest BCUT2D eigenvalue weighted by atomic mass is 9.99. The van der Waals surface area contributed by atoms with Crippen molar-refractivity contribution in [2.24, 2.45) is 0 Å². The zero-order chi connectivity index (χ0) is 17.8. The Morgan fingerprint density at radius 2 is 1.92 bits per heavy atom. The Morgan fingerprint density at radius 1 is 1.12 bits per heavy atom. The number of benzene rings is 1. The van der Waals surface area contributed by atoms with Gasteiger partial charge in [-0.1, -0.05) is 0 Å². The van der Waals surface area contributed by atoms with E-state index >= 15 is 0 Å². The van der Waals surface area contributed by atoms with E-state index in [1.165, 1.54) is 6.42 Å². The minimum Gasteiger partial charge on any atom is -0.493 e. The van der Waals surface area contributed by atoms with E-state index in [2.05, 4.69) is 14.9 Å². The lowest BCUT2D eigenvalue weighted by Crippen LogP contribution is -2.40. The molecule has 136 valence electrons. The van der Waals surface area contributed by atoms with Gasteiger partial charge in [-0.15, -0.1) is 0 Å². The monoisotopic (exact) mass is 347 g/mol. The topological polar surface area (TPSA) is 76.9 Å². The highest BCUT2D eigenvalue weighted by Gasteiger charge is 2.27. The van der Waals surface area contributed by atoms with Gasteiger partial charge in [0.2, 0.25) is 5.75 Å². The summed E-state index contributed by atoms with van der Waals surface area (Å²) in [5.41, 5.74) is 0.693. The second-order valence-electron chi connectivity index (χ2n) is 6.09. The fourth-order valence-electron chi connectivity index (χ4n) is 3.61. The highest BCUT2D eigenvalue weighted by Crippen LogP contribution is 2.44. The van der Waals surface area contributed by atoms with E-state index in [0.717, 1.165) is 37.0 Å². The van der Waals surface area contributed by atoms with Crippen molar-refractivity contribution in [1.29, 1.82) is 0 Å². The first-order valence-electron chi connectivity index (χ1n) is 8.56. The smallest absolute Gasteiger partial charge is 0.205 e. The van der Waals surface area contributed by atoms with Crippen molar-refractivity contribution < 1.29 is 19.3 Å². The molecule has 1 N–H and O–H groups in total. The van der Waals surface area contributed by atoms with Gasteiger partial charge in [-0.25, -0.2) is 9.97 Å². The molecule has 3 rings (SSSR count). The van der Waals surface area contributed by atoms with Crippen LogP contribution in [0.2, 0.25) is 0 Å². The molecule has 1 aromatic heterocycles. The second kappa shape index (κ2) is 7.74. The maximum absolute atomic E-state index is 9.41. The zero-order valence-corrected chi connectivity index (χ0v) is 15.0. The highest BCUT2D eigenvalue weighted by molar-refractivity contribution is 5.97. The molecule has 2 aromatic rings. The number of anilines is 1. The summed E-state index contributed by atoms with van der Waals surface area (Å²) in [5, 5.41) is 10.3. The van der Waals surface area contributed by atoms with Crippen LogP contribution >= 0.6 is 0 Å². The van der Waals surface area contributed by atoms with E-state index in [-0.39, 0.29) is 12.6 Å². The number of fused-ring (bicyclic) bond motifs is 1. The third-order valence-electron chi connectivity index (χ3n) is 4.77. The Labute approximate surface area is 147 Å². The van der Waals surface area contributed by atoms with Gasteiger partial charge < -0.3 is 24.2 Å². The first-order chi connectivity index (χ1) is 12.2. The molecule has 2 heterocycles. The zero-order valence-electron chi connectivity index (χ0n) is 15.0. The molecule has 0 radical (unpaired) electrons. The number of hydrogen-bond acceptors (Lipinski definition) is 7. The van der Waals surface area contributed by atoms with Crippen LogP contribution in [-0.2, 0) is 0 Å². The first-order valence-corrected chi connectivity index (χ1v) is 8.56. The van der Waals surface area contributed by atoms with Crippen LogP contribution in [0.1, 0.15) is 25.7 Å². The van der Waals surface area contributed by atoms with Crippen molar-refractivity contribution >= 4 is 16.7 Å². The number of methoxy groups -OCH3 is 3. The molecule has 0 bridgehead atoms. The van der Waals surface area contributed by atoms with Crippen LogP contribution in [0.4, 0.5) is 5.82 Å². The molecule has 0 saturated carbocycles. The molecule has 1 aromatic carbocycles. The van der Waals surface area contributed by atoms with Crippen LogP contribution in [0.5, 0.6) is 17.2 Å². The van der Waals surface area contributed by atoms with Crippen molar-refractivity contribution in [3.8, 4) is 17.2 Å².